The number of ether oxygens (including phenoxy) is 1. The highest BCUT2D eigenvalue weighted by molar-refractivity contribution is 7.12. The van der Waals surface area contributed by atoms with Gasteiger partial charge in [-0.1, -0.05) is 37.3 Å². The summed E-state index contributed by atoms with van der Waals surface area (Å²) in [4.78, 5) is 28.8. The molecular weight excluding hydrogens is 408 g/mol. The molecule has 1 amide bonds. The van der Waals surface area contributed by atoms with Crippen molar-refractivity contribution in [2.45, 2.75) is 13.3 Å². The van der Waals surface area contributed by atoms with Crippen LogP contribution in [-0.2, 0) is 4.79 Å². The lowest BCUT2D eigenvalue weighted by molar-refractivity contribution is -0.134. The number of benzene rings is 2. The van der Waals surface area contributed by atoms with E-state index in [-0.39, 0.29) is 18.3 Å². The summed E-state index contributed by atoms with van der Waals surface area (Å²) in [6.07, 6.45) is 3.84. The van der Waals surface area contributed by atoms with Gasteiger partial charge in [-0.05, 0) is 58.0 Å². The van der Waals surface area contributed by atoms with Crippen molar-refractivity contribution in [1.82, 2.24) is 4.98 Å². The van der Waals surface area contributed by atoms with Crippen LogP contribution in [0.4, 0.5) is 5.69 Å². The summed E-state index contributed by atoms with van der Waals surface area (Å²) in [6.45, 7) is 1.73. The number of thiophene rings is 1. The van der Waals surface area contributed by atoms with Crippen molar-refractivity contribution in [1.29, 1.82) is 0 Å². The molecule has 4 aromatic rings. The highest BCUT2D eigenvalue weighted by Crippen LogP contribution is 2.29. The van der Waals surface area contributed by atoms with Crippen LogP contribution in [0.5, 0.6) is 5.75 Å². The van der Waals surface area contributed by atoms with Crippen molar-refractivity contribution in [3.05, 3.63) is 89.4 Å². The zero-order chi connectivity index (χ0) is 21.6. The van der Waals surface area contributed by atoms with Crippen molar-refractivity contribution >= 4 is 28.9 Å². The van der Waals surface area contributed by atoms with E-state index >= 15 is 0 Å². The Morgan fingerprint density at radius 1 is 0.903 bits per heavy atom. The summed E-state index contributed by atoms with van der Waals surface area (Å²) in [5, 5.41) is 4.83. The summed E-state index contributed by atoms with van der Waals surface area (Å²) < 4.78 is 5.20. The molecule has 4 rings (SSSR count). The average Bonchev–Trinajstić information content (AvgIpc) is 3.30. The van der Waals surface area contributed by atoms with Crippen LogP contribution in [0.3, 0.4) is 0 Å². The number of hydrogen-bond donors (Lipinski definition) is 1. The first-order chi connectivity index (χ1) is 15.1. The van der Waals surface area contributed by atoms with Crippen LogP contribution < -0.4 is 10.1 Å². The summed E-state index contributed by atoms with van der Waals surface area (Å²) in [7, 11) is 0. The Hall–Kier alpha value is -3.77. The molecular formula is C25H20N2O3S. The lowest BCUT2D eigenvalue weighted by Gasteiger charge is -2.07. The molecule has 0 saturated heterocycles. The number of aromatic nitrogens is 1. The fraction of sp³-hybridized carbons (Fsp3) is 0.0800. The minimum atomic E-state index is -0.318. The Bertz CT molecular complexity index is 1200. The van der Waals surface area contributed by atoms with Crippen LogP contribution in [0.25, 0.3) is 22.3 Å². The number of nitrogens with zero attached hydrogens (tertiary/aromatic N) is 1. The second-order valence-electron chi connectivity index (χ2n) is 6.82. The highest BCUT2D eigenvalue weighted by Gasteiger charge is 2.12. The van der Waals surface area contributed by atoms with Gasteiger partial charge in [0.1, 0.15) is 5.75 Å². The molecule has 31 heavy (non-hydrogen) atoms. The van der Waals surface area contributed by atoms with Crippen LogP contribution in [0.1, 0.15) is 23.0 Å². The van der Waals surface area contributed by atoms with E-state index in [0.29, 0.717) is 16.3 Å². The molecule has 2 heterocycles. The summed E-state index contributed by atoms with van der Waals surface area (Å²) in [5.41, 5.74) is 4.83. The van der Waals surface area contributed by atoms with Crippen molar-refractivity contribution < 1.29 is 14.3 Å². The third-order valence-electron chi connectivity index (χ3n) is 4.67. The molecule has 0 radical (unpaired) electrons. The monoisotopic (exact) mass is 428 g/mol. The van der Waals surface area contributed by atoms with Crippen LogP contribution >= 0.6 is 11.3 Å². The molecule has 2 aromatic heterocycles. The first-order valence-corrected chi connectivity index (χ1v) is 10.7. The summed E-state index contributed by atoms with van der Waals surface area (Å²) in [5.74, 6) is -0.115. The summed E-state index contributed by atoms with van der Waals surface area (Å²) in [6, 6.07) is 20.8. The van der Waals surface area contributed by atoms with Gasteiger partial charge in [-0.15, -0.1) is 11.3 Å². The molecule has 0 spiro atoms. The van der Waals surface area contributed by atoms with Crippen molar-refractivity contribution in [2.75, 3.05) is 5.32 Å². The first-order valence-electron chi connectivity index (χ1n) is 9.84. The molecule has 0 atom stereocenters. The van der Waals surface area contributed by atoms with Gasteiger partial charge in [-0.25, -0.2) is 0 Å². The van der Waals surface area contributed by atoms with Crippen molar-refractivity contribution in [3.8, 4) is 28.0 Å². The van der Waals surface area contributed by atoms with Gasteiger partial charge < -0.3 is 10.1 Å². The Labute approximate surface area is 184 Å². The number of esters is 1. The molecule has 154 valence electrons. The van der Waals surface area contributed by atoms with Gasteiger partial charge in [-0.2, -0.15) is 0 Å². The van der Waals surface area contributed by atoms with E-state index in [2.05, 4.69) is 22.4 Å². The lowest BCUT2D eigenvalue weighted by Crippen LogP contribution is -2.10. The largest absolute Gasteiger partial charge is 0.426 e. The number of rotatable bonds is 6. The number of nitrogens with one attached hydrogen (secondary N) is 1. The molecule has 6 heteroatoms. The minimum Gasteiger partial charge on any atom is -0.426 e. The SMILES string of the molecule is CCC(=O)Oc1cccc(NC(=O)c2cc(-c3ccc(-c4ccncc4)cc3)cs2)c1. The number of anilines is 1. The highest BCUT2D eigenvalue weighted by atomic mass is 32.1. The lowest BCUT2D eigenvalue weighted by atomic mass is 10.0. The van der Waals surface area contributed by atoms with E-state index in [1.54, 1.807) is 43.6 Å². The third kappa shape index (κ3) is 5.05. The van der Waals surface area contributed by atoms with E-state index in [9.17, 15) is 9.59 Å². The van der Waals surface area contributed by atoms with Crippen LogP contribution in [0.2, 0.25) is 0 Å². The normalized spacial score (nSPS) is 10.5. The predicted octanol–water partition coefficient (Wildman–Crippen LogP) is 6.04. The maximum atomic E-state index is 12.7. The van der Waals surface area contributed by atoms with Crippen LogP contribution in [0, 0.1) is 0 Å². The average molecular weight is 429 g/mol. The maximum Gasteiger partial charge on any atom is 0.310 e. The van der Waals surface area contributed by atoms with Gasteiger partial charge in [0.25, 0.3) is 5.91 Å². The van der Waals surface area contributed by atoms with Gasteiger partial charge in [0, 0.05) is 30.6 Å². The Balaban J connectivity index is 1.46. The molecule has 0 bridgehead atoms. The zero-order valence-corrected chi connectivity index (χ0v) is 17.7. The molecule has 0 aliphatic carbocycles. The van der Waals surface area contributed by atoms with E-state index in [1.165, 1.54) is 11.3 Å². The topological polar surface area (TPSA) is 68.3 Å². The molecule has 0 aliphatic heterocycles. The standard InChI is InChI=1S/C25H20N2O3S/c1-2-24(28)30-22-5-3-4-21(15-22)27-25(29)23-14-20(16-31-23)18-8-6-17(7-9-18)19-10-12-26-13-11-19/h3-16H,2H2,1H3,(H,27,29). The van der Waals surface area contributed by atoms with Gasteiger partial charge in [0.15, 0.2) is 0 Å². The maximum absolute atomic E-state index is 12.7. The molecule has 2 aromatic carbocycles. The summed E-state index contributed by atoms with van der Waals surface area (Å²) >= 11 is 1.39. The van der Waals surface area contributed by atoms with E-state index in [4.69, 9.17) is 4.74 Å². The fourth-order valence-electron chi connectivity index (χ4n) is 3.04. The second kappa shape index (κ2) is 9.36. The molecule has 0 saturated carbocycles. The zero-order valence-electron chi connectivity index (χ0n) is 16.9. The smallest absolute Gasteiger partial charge is 0.310 e. The van der Waals surface area contributed by atoms with Gasteiger partial charge in [-0.3, -0.25) is 14.6 Å². The number of hydrogen-bond acceptors (Lipinski definition) is 5. The van der Waals surface area contributed by atoms with Crippen molar-refractivity contribution in [3.63, 3.8) is 0 Å². The Kier molecular flexibility index (Phi) is 6.19. The number of carbonyl (C=O) groups is 2. The first kappa shape index (κ1) is 20.5. The third-order valence-corrected chi connectivity index (χ3v) is 5.60. The molecule has 0 unspecified atom stereocenters. The van der Waals surface area contributed by atoms with Crippen molar-refractivity contribution in [2.24, 2.45) is 0 Å². The number of carbonyl (C=O) groups excluding carboxylic acids is 2. The van der Waals surface area contributed by atoms with Gasteiger partial charge in [0.05, 0.1) is 4.88 Å². The van der Waals surface area contributed by atoms with E-state index in [0.717, 1.165) is 22.3 Å². The molecule has 1 N–H and O–H groups in total. The predicted molar refractivity (Wildman–Crippen MR) is 123 cm³/mol. The Morgan fingerprint density at radius 3 is 2.29 bits per heavy atom. The van der Waals surface area contributed by atoms with E-state index < -0.39 is 0 Å². The van der Waals surface area contributed by atoms with E-state index in [1.807, 2.05) is 35.7 Å². The van der Waals surface area contributed by atoms with Crippen LogP contribution in [0.15, 0.2) is 84.5 Å². The molecule has 0 fully saturated rings. The van der Waals surface area contributed by atoms with Gasteiger partial charge >= 0.3 is 5.97 Å². The molecule has 5 nitrogen and oxygen atoms in total. The Morgan fingerprint density at radius 2 is 1.58 bits per heavy atom. The minimum absolute atomic E-state index is 0.205. The number of amides is 1. The fourth-order valence-corrected chi connectivity index (χ4v) is 3.85. The second-order valence-corrected chi connectivity index (χ2v) is 7.73. The number of pyridine rings is 1. The van der Waals surface area contributed by atoms with Gasteiger partial charge in [0.2, 0.25) is 0 Å². The van der Waals surface area contributed by atoms with Crippen LogP contribution in [-0.4, -0.2) is 16.9 Å². The quantitative estimate of drug-likeness (QED) is 0.300. The molecule has 0 aliphatic rings.